The van der Waals surface area contributed by atoms with Gasteiger partial charge in [0.05, 0.1) is 5.69 Å². The van der Waals surface area contributed by atoms with Crippen molar-refractivity contribution in [2.75, 3.05) is 5.32 Å². The molecule has 0 aromatic heterocycles. The highest BCUT2D eigenvalue weighted by molar-refractivity contribution is 5.89. The molecule has 2 aromatic rings. The van der Waals surface area contributed by atoms with E-state index in [1.54, 1.807) is 0 Å². The van der Waals surface area contributed by atoms with E-state index < -0.39 is 29.2 Å². The maximum atomic E-state index is 13.4. The molecule has 0 radical (unpaired) electrons. The van der Waals surface area contributed by atoms with Gasteiger partial charge in [-0.25, -0.2) is 18.0 Å². The number of rotatable bonds is 3. The quantitative estimate of drug-likeness (QED) is 0.832. The molecule has 0 aliphatic heterocycles. The van der Waals surface area contributed by atoms with Gasteiger partial charge in [0, 0.05) is 6.54 Å². The van der Waals surface area contributed by atoms with Crippen LogP contribution in [0.25, 0.3) is 0 Å². The average Bonchev–Trinajstić information content (AvgIpc) is 2.46. The number of hydrogen-bond acceptors (Lipinski definition) is 1. The first-order valence-corrected chi connectivity index (χ1v) is 6.21. The number of urea groups is 1. The van der Waals surface area contributed by atoms with Crippen molar-refractivity contribution in [2.45, 2.75) is 13.5 Å². The predicted octanol–water partition coefficient (Wildman–Crippen LogP) is 3.73. The van der Waals surface area contributed by atoms with E-state index in [2.05, 4.69) is 10.6 Å². The monoisotopic (exact) mass is 294 g/mol. The lowest BCUT2D eigenvalue weighted by Gasteiger charge is -2.09. The zero-order valence-corrected chi connectivity index (χ0v) is 11.2. The van der Waals surface area contributed by atoms with Crippen molar-refractivity contribution in [1.29, 1.82) is 0 Å². The van der Waals surface area contributed by atoms with Crippen LogP contribution in [0.4, 0.5) is 23.7 Å². The Kier molecular flexibility index (Phi) is 4.47. The highest BCUT2D eigenvalue weighted by atomic mass is 19.2. The number of amides is 2. The summed E-state index contributed by atoms with van der Waals surface area (Å²) in [4.78, 5) is 11.6. The predicted molar refractivity (Wildman–Crippen MR) is 73.4 cm³/mol. The Morgan fingerprint density at radius 3 is 2.57 bits per heavy atom. The highest BCUT2D eigenvalue weighted by Crippen LogP contribution is 2.19. The summed E-state index contributed by atoms with van der Waals surface area (Å²) in [6, 6.07) is 8.47. The van der Waals surface area contributed by atoms with Crippen molar-refractivity contribution in [2.24, 2.45) is 0 Å². The van der Waals surface area contributed by atoms with Crippen LogP contribution in [-0.4, -0.2) is 6.03 Å². The average molecular weight is 294 g/mol. The molecule has 0 heterocycles. The van der Waals surface area contributed by atoms with E-state index in [0.29, 0.717) is 0 Å². The summed E-state index contributed by atoms with van der Waals surface area (Å²) in [7, 11) is 0. The zero-order chi connectivity index (χ0) is 15.4. The fourth-order valence-corrected chi connectivity index (χ4v) is 1.79. The van der Waals surface area contributed by atoms with Crippen LogP contribution in [0.3, 0.4) is 0 Å². The van der Waals surface area contributed by atoms with E-state index in [9.17, 15) is 18.0 Å². The second kappa shape index (κ2) is 6.30. The second-order valence-electron chi connectivity index (χ2n) is 4.52. The van der Waals surface area contributed by atoms with Crippen molar-refractivity contribution in [3.05, 3.63) is 65.0 Å². The van der Waals surface area contributed by atoms with Gasteiger partial charge in [-0.1, -0.05) is 29.8 Å². The number of carbonyl (C=O) groups excluding carboxylic acids is 1. The minimum absolute atomic E-state index is 0.235. The summed E-state index contributed by atoms with van der Waals surface area (Å²) in [6.07, 6.45) is 0. The van der Waals surface area contributed by atoms with Crippen molar-refractivity contribution < 1.29 is 18.0 Å². The molecule has 2 aromatic carbocycles. The van der Waals surface area contributed by atoms with Gasteiger partial charge in [-0.3, -0.25) is 0 Å². The maximum absolute atomic E-state index is 13.4. The van der Waals surface area contributed by atoms with Gasteiger partial charge in [0.1, 0.15) is 0 Å². The highest BCUT2D eigenvalue weighted by Gasteiger charge is 2.14. The van der Waals surface area contributed by atoms with Crippen LogP contribution in [0.2, 0.25) is 0 Å². The number of benzene rings is 2. The molecule has 110 valence electrons. The van der Waals surface area contributed by atoms with Gasteiger partial charge in [0.2, 0.25) is 0 Å². The Hall–Kier alpha value is -2.50. The summed E-state index contributed by atoms with van der Waals surface area (Å²) in [5, 5.41) is 4.63. The molecular weight excluding hydrogens is 281 g/mol. The van der Waals surface area contributed by atoms with Gasteiger partial charge in [-0.2, -0.15) is 0 Å². The second-order valence-corrected chi connectivity index (χ2v) is 4.52. The zero-order valence-electron chi connectivity index (χ0n) is 11.2. The van der Waals surface area contributed by atoms with E-state index >= 15 is 0 Å². The number of halogens is 3. The van der Waals surface area contributed by atoms with Gasteiger partial charge >= 0.3 is 6.03 Å². The summed E-state index contributed by atoms with van der Waals surface area (Å²) >= 11 is 0. The van der Waals surface area contributed by atoms with Crippen LogP contribution in [0.5, 0.6) is 0 Å². The van der Waals surface area contributed by atoms with Crippen LogP contribution < -0.4 is 10.6 Å². The summed E-state index contributed by atoms with van der Waals surface area (Å²) in [5.74, 6) is -4.36. The molecule has 2 amide bonds. The SMILES string of the molecule is Cc1cccc(CNC(=O)Nc2ccc(F)c(F)c2F)c1. The Bertz CT molecular complexity index is 674. The fraction of sp³-hybridized carbons (Fsp3) is 0.133. The molecule has 0 spiro atoms. The summed E-state index contributed by atoms with van der Waals surface area (Å²) in [5.41, 5.74) is 1.49. The number of aryl methyl sites for hydroxylation is 1. The number of nitrogens with one attached hydrogen (secondary N) is 2. The summed E-state index contributed by atoms with van der Waals surface area (Å²) in [6.45, 7) is 2.15. The van der Waals surface area contributed by atoms with Crippen LogP contribution in [0.1, 0.15) is 11.1 Å². The van der Waals surface area contributed by atoms with Gasteiger partial charge < -0.3 is 10.6 Å². The van der Waals surface area contributed by atoms with Crippen LogP contribution in [-0.2, 0) is 6.54 Å². The molecule has 0 atom stereocenters. The molecule has 0 saturated carbocycles. The molecule has 0 fully saturated rings. The van der Waals surface area contributed by atoms with Crippen LogP contribution >= 0.6 is 0 Å². The largest absolute Gasteiger partial charge is 0.334 e. The first-order valence-electron chi connectivity index (χ1n) is 6.21. The van der Waals surface area contributed by atoms with Crippen molar-refractivity contribution in [1.82, 2.24) is 5.32 Å². The number of anilines is 1. The third-order valence-electron chi connectivity index (χ3n) is 2.82. The molecule has 2 N–H and O–H groups in total. The van der Waals surface area contributed by atoms with E-state index in [1.807, 2.05) is 31.2 Å². The van der Waals surface area contributed by atoms with Crippen LogP contribution in [0.15, 0.2) is 36.4 Å². The number of carbonyl (C=O) groups is 1. The fourth-order valence-electron chi connectivity index (χ4n) is 1.79. The molecular formula is C15H13F3N2O. The Balaban J connectivity index is 1.98. The van der Waals surface area contributed by atoms with E-state index in [-0.39, 0.29) is 6.54 Å². The van der Waals surface area contributed by atoms with Gasteiger partial charge in [-0.05, 0) is 24.6 Å². The van der Waals surface area contributed by atoms with E-state index in [0.717, 1.165) is 23.3 Å². The topological polar surface area (TPSA) is 41.1 Å². The van der Waals surface area contributed by atoms with E-state index in [1.165, 1.54) is 0 Å². The lowest BCUT2D eigenvalue weighted by molar-refractivity contribution is 0.251. The smallest absolute Gasteiger partial charge is 0.319 e. The molecule has 0 bridgehead atoms. The first-order chi connectivity index (χ1) is 9.97. The molecule has 6 heteroatoms. The molecule has 21 heavy (non-hydrogen) atoms. The Labute approximate surface area is 119 Å². The normalized spacial score (nSPS) is 10.3. The minimum atomic E-state index is -1.62. The lowest BCUT2D eigenvalue weighted by atomic mass is 10.1. The molecule has 0 aliphatic rings. The molecule has 0 aliphatic carbocycles. The molecule has 0 saturated heterocycles. The molecule has 3 nitrogen and oxygen atoms in total. The number of hydrogen-bond donors (Lipinski definition) is 2. The van der Waals surface area contributed by atoms with E-state index in [4.69, 9.17) is 0 Å². The van der Waals surface area contributed by atoms with Crippen molar-refractivity contribution in [3.63, 3.8) is 0 Å². The molecule has 0 unspecified atom stereocenters. The lowest BCUT2D eigenvalue weighted by Crippen LogP contribution is -2.28. The third kappa shape index (κ3) is 3.75. The van der Waals surface area contributed by atoms with Crippen molar-refractivity contribution in [3.8, 4) is 0 Å². The van der Waals surface area contributed by atoms with Crippen LogP contribution in [0, 0.1) is 24.4 Å². The van der Waals surface area contributed by atoms with Gasteiger partial charge in [0.15, 0.2) is 17.5 Å². The Morgan fingerprint density at radius 2 is 1.86 bits per heavy atom. The first kappa shape index (κ1) is 14.9. The molecule has 2 rings (SSSR count). The van der Waals surface area contributed by atoms with Gasteiger partial charge in [0.25, 0.3) is 0 Å². The van der Waals surface area contributed by atoms with Crippen molar-refractivity contribution >= 4 is 11.7 Å². The maximum Gasteiger partial charge on any atom is 0.319 e. The Morgan fingerprint density at radius 1 is 1.10 bits per heavy atom. The minimum Gasteiger partial charge on any atom is -0.334 e. The third-order valence-corrected chi connectivity index (χ3v) is 2.82. The standard InChI is InChI=1S/C15H13F3N2O/c1-9-3-2-4-10(7-9)8-19-15(21)20-12-6-5-11(16)13(17)14(12)18/h2-7H,8H2,1H3,(H2,19,20,21). The summed E-state index contributed by atoms with van der Waals surface area (Å²) < 4.78 is 39.2. The van der Waals surface area contributed by atoms with Gasteiger partial charge in [-0.15, -0.1) is 0 Å².